The van der Waals surface area contributed by atoms with E-state index in [2.05, 4.69) is 496 Å². The van der Waals surface area contributed by atoms with Crippen LogP contribution in [0.2, 0.25) is 0 Å². The summed E-state index contributed by atoms with van der Waals surface area (Å²) in [5.41, 5.74) is 30.9. The highest BCUT2D eigenvalue weighted by Crippen LogP contribution is 2.54. The van der Waals surface area contributed by atoms with E-state index >= 15 is 0 Å². The quantitative estimate of drug-likeness (QED) is 0.112. The zero-order chi connectivity index (χ0) is 94.5. The van der Waals surface area contributed by atoms with Gasteiger partial charge in [-0.25, -0.2) is 0 Å². The summed E-state index contributed by atoms with van der Waals surface area (Å²) in [5, 5.41) is 25.9. The fourth-order valence-electron chi connectivity index (χ4n) is 22.7. The molecule has 8 nitrogen and oxygen atoms in total. The van der Waals surface area contributed by atoms with Crippen LogP contribution in [0.25, 0.3) is 219 Å². The third-order valence-electron chi connectivity index (χ3n) is 29.5. The van der Waals surface area contributed by atoms with E-state index in [4.69, 9.17) is 22.1 Å². The van der Waals surface area contributed by atoms with Gasteiger partial charge in [0.1, 0.15) is 55.8 Å². The molecular weight excluding hydrogens is 1740 g/mol. The van der Waals surface area contributed by atoms with Crippen molar-refractivity contribution < 1.29 is 22.1 Å². The largest absolute Gasteiger partial charge is 0.456 e. The average molecular weight is 1830 g/mol. The van der Waals surface area contributed by atoms with Crippen molar-refractivity contribution in [1.29, 1.82) is 0 Å². The smallest absolute Gasteiger partial charge is 0.137 e. The Hall–Kier alpha value is -18.8. The second-order valence-corrected chi connectivity index (χ2v) is 38.0. The third-order valence-corrected chi connectivity index (χ3v) is 29.5. The highest BCUT2D eigenvalue weighted by molar-refractivity contribution is 6.30. The Morgan fingerprint density at radius 2 is 0.434 bits per heavy atom. The molecule has 0 unspecified atom stereocenters. The van der Waals surface area contributed by atoms with Crippen molar-refractivity contribution in [2.24, 2.45) is 0 Å². The number of hydrogen-bond donors (Lipinski definition) is 0. The molecule has 30 rings (SSSR count). The molecule has 1 aliphatic rings. The first-order valence-corrected chi connectivity index (χ1v) is 48.9. The molecule has 0 radical (unpaired) electrons. The standard InChI is InChI=1S/C47H33NO.2C44H27NO2/c1-47(2)41-15-9-8-14-38(41)39-25-23-36(29-42(39)47)48(34-21-18-31(19-22-34)30-10-4-3-5-11-30)35-24-27-43-40(28-35)46-44(49-43)26-20-33-17-16-32-12-6-7-13-37(32)45(33)46;1-2-9-28(10-3-1)31-12-8-13-32(25-31)45(34-20-22-37-36-15-6-7-16-39(36)47-42(37)27-34)33-21-24-40-38(26-33)44-41(46-40)23-19-30-18-17-29-11-4-5-14-35(29)43(30)44;1-2-8-28(9-3-1)29-16-19-32(20-17-29)45(33-21-24-40-37(26-33)36-12-6-7-13-39(36)46-40)34-22-25-41-38(27-34)44-42(47-41)23-18-31-15-14-30-10-4-5-11-35(30)43(31)44/h3-29H,1-2H3;2*1-27H. The van der Waals surface area contributed by atoms with Crippen molar-refractivity contribution >= 4 is 226 Å². The molecule has 143 heavy (non-hydrogen) atoms. The van der Waals surface area contributed by atoms with Crippen LogP contribution < -0.4 is 14.7 Å². The number of anilines is 9. The highest BCUT2D eigenvalue weighted by atomic mass is 16.3. The Kier molecular flexibility index (Phi) is 19.2. The van der Waals surface area contributed by atoms with Gasteiger partial charge in [-0.05, 0) is 268 Å². The van der Waals surface area contributed by atoms with E-state index in [1.807, 2.05) is 24.3 Å². The van der Waals surface area contributed by atoms with Crippen LogP contribution in [-0.2, 0) is 5.41 Å². The van der Waals surface area contributed by atoms with Crippen molar-refractivity contribution in [2.75, 3.05) is 14.7 Å². The normalized spacial score (nSPS) is 12.3. The molecule has 0 saturated carbocycles. The molecule has 0 fully saturated rings. The molecule has 0 atom stereocenters. The minimum absolute atomic E-state index is 0.102. The van der Waals surface area contributed by atoms with E-state index in [0.717, 1.165) is 166 Å². The average Bonchev–Trinajstić information content (AvgIpc) is 1.62. The molecule has 1 aliphatic carbocycles. The lowest BCUT2D eigenvalue weighted by atomic mass is 9.82. The Morgan fingerprint density at radius 3 is 0.909 bits per heavy atom. The highest BCUT2D eigenvalue weighted by Gasteiger charge is 2.36. The zero-order valence-corrected chi connectivity index (χ0v) is 78.1. The van der Waals surface area contributed by atoms with Gasteiger partial charge >= 0.3 is 0 Å². The van der Waals surface area contributed by atoms with Gasteiger partial charge in [0, 0.05) is 133 Å². The molecule has 0 spiro atoms. The topological polar surface area (TPSA) is 75.4 Å². The Balaban J connectivity index is 0.000000105. The van der Waals surface area contributed by atoms with E-state index < -0.39 is 0 Å². The molecule has 24 aromatic carbocycles. The molecule has 0 N–H and O–H groups in total. The van der Waals surface area contributed by atoms with E-state index in [1.54, 1.807) is 0 Å². The van der Waals surface area contributed by atoms with Gasteiger partial charge in [0.2, 0.25) is 0 Å². The van der Waals surface area contributed by atoms with Gasteiger partial charge in [-0.1, -0.05) is 335 Å². The second-order valence-electron chi connectivity index (χ2n) is 38.0. The maximum absolute atomic E-state index is 6.53. The number of nitrogens with zero attached hydrogens (tertiary/aromatic N) is 3. The molecule has 0 amide bonds. The molecule has 5 aromatic heterocycles. The molecule has 0 saturated heterocycles. The first-order chi connectivity index (χ1) is 70.6. The van der Waals surface area contributed by atoms with Gasteiger partial charge in [0.05, 0.1) is 0 Å². The number of rotatable bonds is 12. The van der Waals surface area contributed by atoms with E-state index in [9.17, 15) is 0 Å². The summed E-state index contributed by atoms with van der Waals surface area (Å²) in [6.07, 6.45) is 0. The van der Waals surface area contributed by atoms with Crippen LogP contribution in [0.5, 0.6) is 0 Å². The summed E-state index contributed by atoms with van der Waals surface area (Å²) in [5.74, 6) is 0. The van der Waals surface area contributed by atoms with E-state index in [0.29, 0.717) is 0 Å². The first kappa shape index (κ1) is 82.5. The Bertz CT molecular complexity index is 10200. The van der Waals surface area contributed by atoms with Crippen LogP contribution in [0.4, 0.5) is 51.2 Å². The molecular formula is C135H87N3O5. The maximum atomic E-state index is 6.53. The van der Waals surface area contributed by atoms with E-state index in [-0.39, 0.29) is 5.41 Å². The number of benzene rings is 24. The summed E-state index contributed by atoms with van der Waals surface area (Å²) in [6, 6.07) is 175. The summed E-state index contributed by atoms with van der Waals surface area (Å²) in [7, 11) is 0. The van der Waals surface area contributed by atoms with Gasteiger partial charge < -0.3 is 36.8 Å². The lowest BCUT2D eigenvalue weighted by molar-refractivity contribution is 0.660. The van der Waals surface area contributed by atoms with Gasteiger partial charge in [-0.15, -0.1) is 0 Å². The number of hydrogen-bond acceptors (Lipinski definition) is 8. The van der Waals surface area contributed by atoms with Gasteiger partial charge in [-0.3, -0.25) is 0 Å². The van der Waals surface area contributed by atoms with Crippen molar-refractivity contribution in [2.45, 2.75) is 19.3 Å². The monoisotopic (exact) mass is 1830 g/mol. The van der Waals surface area contributed by atoms with Crippen molar-refractivity contribution in [3.05, 3.63) is 503 Å². The Morgan fingerprint density at radius 1 is 0.147 bits per heavy atom. The van der Waals surface area contributed by atoms with Crippen LogP contribution in [0.1, 0.15) is 25.0 Å². The molecule has 0 aliphatic heterocycles. The summed E-state index contributed by atoms with van der Waals surface area (Å²) in [4.78, 5) is 7.05. The SMILES string of the molecule is CC1(C)c2ccccc2-c2ccc(N(c3ccc(-c4ccccc4)cc3)c3ccc4oc5ccc6ccc7ccccc7c6c5c4c3)cc21.c1ccc(-c2ccc(N(c3ccc4oc5ccccc5c4c3)c3ccc4oc5ccc6ccc7ccccc7c6c5c4c3)cc2)cc1.c1ccc(-c2cccc(N(c3ccc4c(c3)oc3ccccc34)c3ccc4oc5ccc6ccc7ccccc7c6c5c4c3)c2)cc1. The summed E-state index contributed by atoms with van der Waals surface area (Å²) < 4.78 is 32.1. The van der Waals surface area contributed by atoms with Crippen molar-refractivity contribution in [1.82, 2.24) is 0 Å². The first-order valence-electron chi connectivity index (χ1n) is 48.9. The number of furan rings is 5. The van der Waals surface area contributed by atoms with Gasteiger partial charge in [0.15, 0.2) is 0 Å². The van der Waals surface area contributed by atoms with Crippen molar-refractivity contribution in [3.63, 3.8) is 0 Å². The number of para-hydroxylation sites is 2. The fraction of sp³-hybridized carbons (Fsp3) is 0.0222. The van der Waals surface area contributed by atoms with Crippen LogP contribution >= 0.6 is 0 Å². The summed E-state index contributed by atoms with van der Waals surface area (Å²) >= 11 is 0. The molecule has 0 bridgehead atoms. The summed E-state index contributed by atoms with van der Waals surface area (Å²) in [6.45, 7) is 4.69. The lowest BCUT2D eigenvalue weighted by Crippen LogP contribution is -2.16. The van der Waals surface area contributed by atoms with Gasteiger partial charge in [0.25, 0.3) is 0 Å². The van der Waals surface area contributed by atoms with Crippen LogP contribution in [0.3, 0.4) is 0 Å². The minimum Gasteiger partial charge on any atom is -0.456 e. The third kappa shape index (κ3) is 13.9. The fourth-order valence-corrected chi connectivity index (χ4v) is 22.7. The second kappa shape index (κ2) is 33.3. The van der Waals surface area contributed by atoms with Crippen LogP contribution in [0.15, 0.2) is 513 Å². The van der Waals surface area contributed by atoms with E-state index in [1.165, 1.54) is 115 Å². The maximum Gasteiger partial charge on any atom is 0.137 e. The predicted molar refractivity (Wildman–Crippen MR) is 599 cm³/mol. The zero-order valence-electron chi connectivity index (χ0n) is 78.1. The molecule has 29 aromatic rings. The van der Waals surface area contributed by atoms with Crippen LogP contribution in [0, 0.1) is 0 Å². The van der Waals surface area contributed by atoms with Gasteiger partial charge in [-0.2, -0.15) is 0 Å². The molecule has 672 valence electrons. The lowest BCUT2D eigenvalue weighted by Gasteiger charge is -2.28. The predicted octanol–water partition coefficient (Wildman–Crippen LogP) is 39.2. The van der Waals surface area contributed by atoms with Crippen LogP contribution in [-0.4, -0.2) is 0 Å². The minimum atomic E-state index is -0.102. The van der Waals surface area contributed by atoms with Crippen molar-refractivity contribution in [3.8, 4) is 44.5 Å². The molecule has 8 heteroatoms. The number of fused-ring (bicyclic) bond motifs is 30. The molecule has 5 heterocycles. The Labute approximate surface area is 822 Å².